The van der Waals surface area contributed by atoms with Gasteiger partial charge in [-0.25, -0.2) is 4.31 Å². The quantitative estimate of drug-likeness (QED) is 0.570. The fourth-order valence-corrected chi connectivity index (χ4v) is 4.76. The first-order chi connectivity index (χ1) is 11.7. The second kappa shape index (κ2) is 8.70. The van der Waals surface area contributed by atoms with Gasteiger partial charge in [0.05, 0.1) is 5.60 Å². The summed E-state index contributed by atoms with van der Waals surface area (Å²) < 4.78 is 5.87. The summed E-state index contributed by atoms with van der Waals surface area (Å²) >= 11 is 1.77. The molecule has 0 radical (unpaired) electrons. The molecule has 24 heavy (non-hydrogen) atoms. The van der Waals surface area contributed by atoms with Gasteiger partial charge in [-0.05, 0) is 62.0 Å². The molecule has 4 heteroatoms. The monoisotopic (exact) mass is 348 g/mol. The molecule has 1 saturated heterocycles. The van der Waals surface area contributed by atoms with Gasteiger partial charge in [0, 0.05) is 31.8 Å². The Balaban J connectivity index is 1.44. The number of hydrogen-bond acceptors (Lipinski definition) is 4. The molecule has 0 unspecified atom stereocenters. The molecule has 1 saturated carbocycles. The van der Waals surface area contributed by atoms with Crippen LogP contribution in [0.2, 0.25) is 0 Å². The fourth-order valence-electron chi connectivity index (χ4n) is 3.95. The van der Waals surface area contributed by atoms with E-state index < -0.39 is 5.60 Å². The maximum Gasteiger partial charge on any atom is 0.0896 e. The summed E-state index contributed by atoms with van der Waals surface area (Å²) in [4.78, 5) is 0. The zero-order valence-corrected chi connectivity index (χ0v) is 15.8. The van der Waals surface area contributed by atoms with E-state index in [2.05, 4.69) is 40.2 Å². The zero-order chi connectivity index (χ0) is 16.8. The Labute approximate surface area is 151 Å². The molecule has 134 valence electrons. The normalized spacial score (nSPS) is 28.3. The van der Waals surface area contributed by atoms with E-state index in [1.165, 1.54) is 37.9 Å². The molecule has 2 aliphatic rings. The van der Waals surface area contributed by atoms with Crippen molar-refractivity contribution in [2.24, 2.45) is 5.92 Å². The largest absolute Gasteiger partial charge is 0.385 e. The lowest BCUT2D eigenvalue weighted by Crippen LogP contribution is -2.31. The summed E-state index contributed by atoms with van der Waals surface area (Å²) in [6, 6.07) is 8.69. The lowest BCUT2D eigenvalue weighted by molar-refractivity contribution is -0.0145. The number of hydrogen-bond donors (Lipinski definition) is 2. The van der Waals surface area contributed by atoms with Gasteiger partial charge in [0.25, 0.3) is 0 Å². The van der Waals surface area contributed by atoms with Crippen LogP contribution in [0.15, 0.2) is 24.3 Å². The van der Waals surface area contributed by atoms with Gasteiger partial charge >= 0.3 is 0 Å². The highest BCUT2D eigenvalue weighted by molar-refractivity contribution is 7.95. The third-order valence-corrected chi connectivity index (χ3v) is 6.73. The number of nitrogens with zero attached hydrogens (tertiary/aromatic N) is 1. The van der Waals surface area contributed by atoms with E-state index in [-0.39, 0.29) is 0 Å². The highest BCUT2D eigenvalue weighted by Crippen LogP contribution is 2.40. The van der Waals surface area contributed by atoms with Gasteiger partial charge in [-0.3, -0.25) is 4.72 Å². The fraction of sp³-hybridized carbons (Fsp3) is 0.700. The molecule has 0 amide bonds. The molecule has 1 aromatic carbocycles. The average Bonchev–Trinajstić information content (AvgIpc) is 3.13. The predicted octanol–water partition coefficient (Wildman–Crippen LogP) is 4.27. The minimum atomic E-state index is -0.589. The van der Waals surface area contributed by atoms with Crippen molar-refractivity contribution in [1.29, 1.82) is 0 Å². The van der Waals surface area contributed by atoms with E-state index in [1.807, 2.05) is 0 Å². The first kappa shape index (κ1) is 18.2. The number of nitrogens with one attached hydrogen (secondary N) is 1. The Morgan fingerprint density at radius 3 is 2.46 bits per heavy atom. The third kappa shape index (κ3) is 4.75. The summed E-state index contributed by atoms with van der Waals surface area (Å²) in [6.45, 7) is 5.68. The molecule has 1 aliphatic heterocycles. The number of rotatable bonds is 7. The lowest BCUT2D eigenvalue weighted by atomic mass is 9.74. The Hall–Kier alpha value is -0.550. The van der Waals surface area contributed by atoms with Crippen molar-refractivity contribution >= 4 is 12.1 Å². The van der Waals surface area contributed by atoms with E-state index in [4.69, 9.17) is 0 Å². The molecule has 3 nitrogen and oxygen atoms in total. The zero-order valence-electron chi connectivity index (χ0n) is 15.0. The van der Waals surface area contributed by atoms with Crippen LogP contribution in [0.1, 0.15) is 63.0 Å². The summed E-state index contributed by atoms with van der Waals surface area (Å²) in [5.41, 5.74) is 1.87. The van der Waals surface area contributed by atoms with Crippen molar-refractivity contribution < 1.29 is 5.11 Å². The van der Waals surface area contributed by atoms with Crippen LogP contribution in [0.25, 0.3) is 0 Å². The van der Waals surface area contributed by atoms with Crippen molar-refractivity contribution in [1.82, 2.24) is 9.03 Å². The van der Waals surface area contributed by atoms with Crippen LogP contribution in [-0.2, 0) is 12.0 Å². The molecular formula is C20H32N2OS. The highest BCUT2D eigenvalue weighted by atomic mass is 32.2. The van der Waals surface area contributed by atoms with Gasteiger partial charge in [0.2, 0.25) is 0 Å². The minimum absolute atomic E-state index is 0.589. The van der Waals surface area contributed by atoms with Crippen LogP contribution in [0.3, 0.4) is 0 Å². The summed E-state index contributed by atoms with van der Waals surface area (Å²) in [6.07, 6.45) is 9.10. The van der Waals surface area contributed by atoms with Crippen molar-refractivity contribution in [2.45, 2.75) is 63.9 Å². The molecular weight excluding hydrogens is 316 g/mol. The second-order valence-electron chi connectivity index (χ2n) is 7.45. The standard InChI is InChI=1S/C20H32N2OS/c1-2-17-9-12-20(23,13-10-17)19-7-5-18(6-8-19)11-14-21-24-22-15-3-4-16-22/h5-8,17,21,23H,2-4,9-16H2,1H3. The predicted molar refractivity (Wildman–Crippen MR) is 103 cm³/mol. The Morgan fingerprint density at radius 1 is 1.17 bits per heavy atom. The van der Waals surface area contributed by atoms with Crippen LogP contribution >= 0.6 is 12.1 Å². The minimum Gasteiger partial charge on any atom is -0.385 e. The molecule has 0 atom stereocenters. The van der Waals surface area contributed by atoms with Gasteiger partial charge in [0.1, 0.15) is 0 Å². The van der Waals surface area contributed by atoms with E-state index in [9.17, 15) is 5.11 Å². The number of benzene rings is 1. The molecule has 0 aromatic heterocycles. The van der Waals surface area contributed by atoms with E-state index >= 15 is 0 Å². The van der Waals surface area contributed by atoms with Crippen molar-refractivity contribution in [3.05, 3.63) is 35.4 Å². The molecule has 1 aromatic rings. The molecule has 1 heterocycles. The highest BCUT2D eigenvalue weighted by Gasteiger charge is 2.34. The van der Waals surface area contributed by atoms with Crippen LogP contribution in [0.5, 0.6) is 0 Å². The van der Waals surface area contributed by atoms with Crippen LogP contribution in [-0.4, -0.2) is 29.0 Å². The van der Waals surface area contributed by atoms with E-state index in [1.54, 1.807) is 12.1 Å². The smallest absolute Gasteiger partial charge is 0.0896 e. The summed E-state index contributed by atoms with van der Waals surface area (Å²) in [5.74, 6) is 0.809. The molecule has 1 aliphatic carbocycles. The molecule has 2 N–H and O–H groups in total. The number of aliphatic hydroxyl groups is 1. The molecule has 0 spiro atoms. The van der Waals surface area contributed by atoms with Crippen LogP contribution < -0.4 is 4.72 Å². The molecule has 2 fully saturated rings. The Morgan fingerprint density at radius 2 is 1.83 bits per heavy atom. The van der Waals surface area contributed by atoms with Gasteiger partial charge in [-0.2, -0.15) is 0 Å². The van der Waals surface area contributed by atoms with Gasteiger partial charge in [-0.15, -0.1) is 0 Å². The summed E-state index contributed by atoms with van der Waals surface area (Å²) in [5, 5.41) is 11.0. The van der Waals surface area contributed by atoms with Crippen molar-refractivity contribution in [3.63, 3.8) is 0 Å². The summed E-state index contributed by atoms with van der Waals surface area (Å²) in [7, 11) is 0. The third-order valence-electron chi connectivity index (χ3n) is 5.78. The van der Waals surface area contributed by atoms with Crippen molar-refractivity contribution in [2.75, 3.05) is 19.6 Å². The first-order valence-electron chi connectivity index (χ1n) is 9.66. The average molecular weight is 349 g/mol. The molecule has 3 rings (SSSR count). The van der Waals surface area contributed by atoms with Gasteiger partial charge in [0.15, 0.2) is 0 Å². The SMILES string of the molecule is CCC1CCC(O)(c2ccc(CCNSN3CCCC3)cc2)CC1. The topological polar surface area (TPSA) is 35.5 Å². The van der Waals surface area contributed by atoms with E-state index in [0.29, 0.717) is 0 Å². The molecule has 0 bridgehead atoms. The Kier molecular flexibility index (Phi) is 6.62. The maximum absolute atomic E-state index is 11.0. The van der Waals surface area contributed by atoms with E-state index in [0.717, 1.165) is 50.1 Å². The second-order valence-corrected chi connectivity index (χ2v) is 8.44. The van der Waals surface area contributed by atoms with Crippen molar-refractivity contribution in [3.8, 4) is 0 Å². The van der Waals surface area contributed by atoms with Crippen LogP contribution in [0.4, 0.5) is 0 Å². The first-order valence-corrected chi connectivity index (χ1v) is 10.4. The van der Waals surface area contributed by atoms with Gasteiger partial charge in [-0.1, -0.05) is 37.6 Å². The Bertz CT molecular complexity index is 491. The maximum atomic E-state index is 11.0. The lowest BCUT2D eigenvalue weighted by Gasteiger charge is -2.36. The van der Waals surface area contributed by atoms with Crippen LogP contribution in [0, 0.1) is 5.92 Å². The van der Waals surface area contributed by atoms with Gasteiger partial charge < -0.3 is 5.11 Å².